The van der Waals surface area contributed by atoms with Gasteiger partial charge in [-0.2, -0.15) is 0 Å². The van der Waals surface area contributed by atoms with Crippen molar-refractivity contribution in [3.8, 4) is 0 Å². The molecule has 38 heteroatoms. The molecule has 105 heavy (non-hydrogen) atoms. The number of aromatic nitrogens is 1. The average molecular weight is 1480 g/mol. The molecule has 3 aromatic rings. The number of carbonyl (C=O) groups excluding carboxylic acids is 13. The molecule has 0 spiro atoms. The highest BCUT2D eigenvalue weighted by Crippen LogP contribution is 2.20. The van der Waals surface area contributed by atoms with E-state index in [4.69, 9.17) is 22.9 Å². The molecule has 0 aliphatic carbocycles. The van der Waals surface area contributed by atoms with Crippen LogP contribution in [0.15, 0.2) is 60.8 Å². The second-order valence-corrected chi connectivity index (χ2v) is 25.7. The van der Waals surface area contributed by atoms with E-state index in [1.165, 1.54) is 13.1 Å². The molecule has 582 valence electrons. The van der Waals surface area contributed by atoms with Gasteiger partial charge in [0.05, 0.1) is 26.4 Å². The standard InChI is InChI=1S/C67H104N18O20/c1-8-35(6)54(66(103)74-36(7)67(104)105)85-65(102)53(34(4)5)84-59(96)42(18-19-51(90)91)76-60(97)46(26-37-14-10-9-11-15-37)80-58(95)45(22-25-70)77-57(94)44(21-24-69)78-63(100)49(32-88)82-61(98)47(27-38-28-72-41-17-13-12-16-39(38)41)81-62(99)48(31-87)75-50(89)29-73-56(93)43(20-23-68)79-64(101)52(33(2)3)83-55(92)40(71)30-86/h9-17,28,33-36,40,42-49,52-54,72,86-88H,8,18-27,29-32,68-71H2,1-7H3,(H,73,93)(H,74,103)(H,75,89)(H,76,97)(H,77,94)(H,78,100)(H,79,101)(H,80,95)(H,81,99)(H,82,98)(H,83,92)(H,84,96)(H,85,102)(H,90,91)(H,104,105)/t35-,36-,40-,42-,43+,44-,45+,46-,47+,48+,49-,52+,53-,54+/m0/s1. The van der Waals surface area contributed by atoms with E-state index >= 15 is 0 Å². The summed E-state index contributed by atoms with van der Waals surface area (Å²) >= 11 is 0. The smallest absolute Gasteiger partial charge is 0.325 e. The number of aliphatic hydroxyl groups is 3. The molecule has 2 aromatic carbocycles. The van der Waals surface area contributed by atoms with Crippen LogP contribution >= 0.6 is 0 Å². The number of hydrogen-bond donors (Lipinski definition) is 23. The maximum Gasteiger partial charge on any atom is 0.325 e. The van der Waals surface area contributed by atoms with E-state index in [0.29, 0.717) is 28.5 Å². The molecule has 0 unspecified atom stereocenters. The third-order valence-corrected chi connectivity index (χ3v) is 16.8. The molecule has 0 radical (unpaired) electrons. The summed E-state index contributed by atoms with van der Waals surface area (Å²) in [4.78, 5) is 206. The van der Waals surface area contributed by atoms with E-state index < -0.39 is 224 Å². The van der Waals surface area contributed by atoms with E-state index in [1.807, 2.05) is 0 Å². The molecular formula is C67H104N18O20. The lowest BCUT2D eigenvalue weighted by atomic mass is 9.96. The van der Waals surface area contributed by atoms with Crippen LogP contribution in [-0.2, 0) is 84.8 Å². The van der Waals surface area contributed by atoms with Crippen LogP contribution in [0.25, 0.3) is 10.9 Å². The molecule has 1 heterocycles. The molecule has 0 bridgehead atoms. The minimum atomic E-state index is -1.89. The zero-order chi connectivity index (χ0) is 78.8. The normalized spacial score (nSPS) is 15.2. The van der Waals surface area contributed by atoms with Crippen molar-refractivity contribution in [1.29, 1.82) is 0 Å². The number of aliphatic hydroxyl groups excluding tert-OH is 3. The number of amides is 13. The molecule has 13 amide bonds. The van der Waals surface area contributed by atoms with Crippen molar-refractivity contribution in [1.82, 2.24) is 74.1 Å². The molecule has 3 rings (SSSR count). The minimum Gasteiger partial charge on any atom is -0.481 e. The zero-order valence-electron chi connectivity index (χ0n) is 59.8. The SMILES string of the molecule is CC[C@H](C)[C@@H](NC(=O)[C@@H](NC(=O)[C@H](CCC(=O)O)NC(=O)[C@H](Cc1ccccc1)NC(=O)[C@@H](CCN)NC(=O)[C@H](CCN)NC(=O)[C@H](CO)NC(=O)[C@@H](Cc1c[nH]c2ccccc12)NC(=O)[C@@H](CO)NC(=O)CNC(=O)[C@@H](CCN)NC(=O)[C@H](NC(=O)[C@@H](N)CO)C(C)C)C(C)C)C(=O)N[C@@H](C)C(=O)O. The Bertz CT molecular complexity index is 3450. The van der Waals surface area contributed by atoms with Gasteiger partial charge in [0.1, 0.15) is 78.5 Å². The van der Waals surface area contributed by atoms with Gasteiger partial charge in [-0.1, -0.05) is 96.5 Å². The van der Waals surface area contributed by atoms with E-state index in [9.17, 15) is 97.5 Å². The monoisotopic (exact) mass is 1480 g/mol. The van der Waals surface area contributed by atoms with Crippen molar-refractivity contribution in [2.45, 2.75) is 178 Å². The molecule has 14 atom stereocenters. The summed E-state index contributed by atoms with van der Waals surface area (Å²) in [5.74, 6) is -17.4. The van der Waals surface area contributed by atoms with E-state index in [2.05, 4.69) is 74.1 Å². The first-order chi connectivity index (χ1) is 49.7. The van der Waals surface area contributed by atoms with Crippen LogP contribution in [0.4, 0.5) is 0 Å². The average Bonchev–Trinajstić information content (AvgIpc) is 1.69. The Balaban J connectivity index is 1.87. The molecule has 38 nitrogen and oxygen atoms in total. The summed E-state index contributed by atoms with van der Waals surface area (Å²) < 4.78 is 0. The lowest BCUT2D eigenvalue weighted by molar-refractivity contribution is -0.142. The second kappa shape index (κ2) is 45.1. The number of H-pyrrole nitrogens is 1. The molecule has 1 aromatic heterocycles. The number of fused-ring (bicyclic) bond motifs is 1. The predicted octanol–water partition coefficient (Wildman–Crippen LogP) is -7.44. The number of rotatable bonds is 47. The number of nitrogens with one attached hydrogen (secondary N) is 14. The van der Waals surface area contributed by atoms with Crippen LogP contribution in [0.1, 0.15) is 98.1 Å². The number of para-hydroxylation sites is 1. The highest BCUT2D eigenvalue weighted by Gasteiger charge is 2.38. The zero-order valence-corrected chi connectivity index (χ0v) is 59.8. The van der Waals surface area contributed by atoms with Gasteiger partial charge in [-0.3, -0.25) is 71.9 Å². The lowest BCUT2D eigenvalue weighted by Crippen LogP contribution is -2.62. The van der Waals surface area contributed by atoms with Gasteiger partial charge in [-0.15, -0.1) is 0 Å². The third kappa shape index (κ3) is 29.1. The van der Waals surface area contributed by atoms with E-state index in [1.54, 1.807) is 96.1 Å². The second-order valence-electron chi connectivity index (χ2n) is 25.7. The first-order valence-corrected chi connectivity index (χ1v) is 34.3. The van der Waals surface area contributed by atoms with Gasteiger partial charge in [0.15, 0.2) is 0 Å². The van der Waals surface area contributed by atoms with Gasteiger partial charge in [-0.25, -0.2) is 0 Å². The Morgan fingerprint density at radius 3 is 1.31 bits per heavy atom. The lowest BCUT2D eigenvalue weighted by Gasteiger charge is -2.30. The first-order valence-electron chi connectivity index (χ1n) is 34.3. The minimum absolute atomic E-state index is 0.129. The largest absolute Gasteiger partial charge is 0.481 e. The van der Waals surface area contributed by atoms with Gasteiger partial charge >= 0.3 is 11.9 Å². The summed E-state index contributed by atoms with van der Waals surface area (Å²) in [6.07, 6.45) is -0.717. The van der Waals surface area contributed by atoms with Crippen molar-refractivity contribution in [3.63, 3.8) is 0 Å². The third-order valence-electron chi connectivity index (χ3n) is 16.8. The summed E-state index contributed by atoms with van der Waals surface area (Å²) in [5, 5.41) is 81.5. The summed E-state index contributed by atoms with van der Waals surface area (Å²) in [6.45, 7) is 6.48. The fourth-order valence-corrected chi connectivity index (χ4v) is 10.4. The van der Waals surface area contributed by atoms with Gasteiger partial charge in [0.2, 0.25) is 76.8 Å². The number of carboxylic acids is 2. The number of nitrogens with two attached hydrogens (primary N) is 4. The number of aliphatic carboxylic acids is 2. The van der Waals surface area contributed by atoms with E-state index in [-0.39, 0.29) is 51.7 Å². The van der Waals surface area contributed by atoms with Crippen molar-refractivity contribution < 1.29 is 97.5 Å². The summed E-state index contributed by atoms with van der Waals surface area (Å²) in [6, 6.07) is -4.75. The molecule has 0 saturated heterocycles. The highest BCUT2D eigenvalue weighted by molar-refractivity contribution is 6.00. The molecule has 0 aliphatic heterocycles. The van der Waals surface area contributed by atoms with Crippen LogP contribution in [0.2, 0.25) is 0 Å². The Labute approximate surface area is 606 Å². The summed E-state index contributed by atoms with van der Waals surface area (Å²) in [7, 11) is 0. The van der Waals surface area contributed by atoms with Crippen molar-refractivity contribution >= 4 is 99.6 Å². The van der Waals surface area contributed by atoms with Crippen molar-refractivity contribution in [3.05, 3.63) is 71.9 Å². The van der Waals surface area contributed by atoms with Crippen LogP contribution in [0.3, 0.4) is 0 Å². The first kappa shape index (κ1) is 89.0. The fraction of sp³-hybridized carbons (Fsp3) is 0.567. The quantitative estimate of drug-likeness (QED) is 0.0250. The molecule has 0 aliphatic rings. The van der Waals surface area contributed by atoms with Crippen LogP contribution in [-0.4, -0.2) is 244 Å². The molecule has 0 fully saturated rings. The van der Waals surface area contributed by atoms with Crippen molar-refractivity contribution in [2.24, 2.45) is 40.7 Å². The number of hydrogen-bond acceptors (Lipinski definition) is 22. The number of aromatic amines is 1. The van der Waals surface area contributed by atoms with Crippen LogP contribution < -0.4 is 92.1 Å². The molecule has 0 saturated carbocycles. The van der Waals surface area contributed by atoms with Crippen LogP contribution in [0.5, 0.6) is 0 Å². The van der Waals surface area contributed by atoms with Gasteiger partial charge in [-0.05, 0) is 87.2 Å². The van der Waals surface area contributed by atoms with E-state index in [0.717, 1.165) is 0 Å². The Hall–Kier alpha value is -10.2. The highest BCUT2D eigenvalue weighted by atomic mass is 16.4. The molecule has 27 N–H and O–H groups in total. The van der Waals surface area contributed by atoms with Gasteiger partial charge < -0.3 is 123 Å². The number of carboxylic acid groups (broad SMARTS) is 2. The number of carbonyl (C=O) groups is 15. The topological polar surface area (TPSA) is 633 Å². The maximum atomic E-state index is 14.5. The molecular weight excluding hydrogens is 1380 g/mol. The Kier molecular flexibility index (Phi) is 38.2. The maximum absolute atomic E-state index is 14.5. The number of benzene rings is 2. The fourth-order valence-electron chi connectivity index (χ4n) is 10.4. The Morgan fingerprint density at radius 1 is 0.429 bits per heavy atom. The summed E-state index contributed by atoms with van der Waals surface area (Å²) in [5.41, 5.74) is 24.6. The Morgan fingerprint density at radius 2 is 0.829 bits per heavy atom. The predicted molar refractivity (Wildman–Crippen MR) is 378 cm³/mol. The van der Waals surface area contributed by atoms with Gasteiger partial charge in [0.25, 0.3) is 0 Å². The van der Waals surface area contributed by atoms with Gasteiger partial charge in [0, 0.05) is 36.4 Å². The van der Waals surface area contributed by atoms with Crippen LogP contribution in [0, 0.1) is 17.8 Å². The van der Waals surface area contributed by atoms with Crippen molar-refractivity contribution in [2.75, 3.05) is 46.0 Å².